The summed E-state index contributed by atoms with van der Waals surface area (Å²) in [4.78, 5) is 0. The van der Waals surface area contributed by atoms with Crippen LogP contribution in [0.15, 0.2) is 12.4 Å². The highest BCUT2D eigenvalue weighted by Crippen LogP contribution is 2.19. The lowest BCUT2D eigenvalue weighted by molar-refractivity contribution is 0.406. The lowest BCUT2D eigenvalue weighted by Crippen LogP contribution is -2.28. The van der Waals surface area contributed by atoms with Gasteiger partial charge in [-0.25, -0.2) is 8.42 Å². The second-order valence-corrected chi connectivity index (χ2v) is 6.59. The van der Waals surface area contributed by atoms with E-state index in [9.17, 15) is 8.42 Å². The van der Waals surface area contributed by atoms with E-state index >= 15 is 0 Å². The first-order chi connectivity index (χ1) is 7.05. The van der Waals surface area contributed by atoms with Gasteiger partial charge in [-0.1, -0.05) is 0 Å². The van der Waals surface area contributed by atoms with Gasteiger partial charge in [0.15, 0.2) is 9.84 Å². The summed E-state index contributed by atoms with van der Waals surface area (Å²) in [5, 5.41) is 4.18. The Kier molecular flexibility index (Phi) is 2.82. The fourth-order valence-corrected chi connectivity index (χ4v) is 3.86. The quantitative estimate of drug-likeness (QED) is 0.759. The summed E-state index contributed by atoms with van der Waals surface area (Å²) < 4.78 is 24.7. The van der Waals surface area contributed by atoms with Gasteiger partial charge in [0, 0.05) is 12.7 Å². The Morgan fingerprint density at radius 1 is 1.60 bits per heavy atom. The average Bonchev–Trinajstić information content (AvgIpc) is 2.49. The smallest absolute Gasteiger partial charge is 0.150 e. The molecule has 4 nitrogen and oxygen atoms in total. The number of rotatable bonds is 2. The van der Waals surface area contributed by atoms with E-state index in [1.54, 1.807) is 6.20 Å². The third-order valence-electron chi connectivity index (χ3n) is 2.76. The predicted octanol–water partition coefficient (Wildman–Crippen LogP) is 1.02. The van der Waals surface area contributed by atoms with Crippen molar-refractivity contribution in [3.8, 4) is 0 Å². The minimum Gasteiger partial charge on any atom is -0.272 e. The summed E-state index contributed by atoms with van der Waals surface area (Å²) >= 11 is 0. The molecule has 1 aliphatic rings. The Bertz CT molecular complexity index is 436. The van der Waals surface area contributed by atoms with Crippen LogP contribution in [0.2, 0.25) is 0 Å². The molecule has 2 heterocycles. The number of aryl methyl sites for hydroxylation is 1. The van der Waals surface area contributed by atoms with Gasteiger partial charge in [0.2, 0.25) is 0 Å². The highest BCUT2D eigenvalue weighted by atomic mass is 32.2. The van der Waals surface area contributed by atoms with Gasteiger partial charge in [0.25, 0.3) is 0 Å². The Hall–Kier alpha value is -0.840. The van der Waals surface area contributed by atoms with Crippen molar-refractivity contribution in [2.24, 2.45) is 5.92 Å². The van der Waals surface area contributed by atoms with Crippen molar-refractivity contribution in [2.45, 2.75) is 26.3 Å². The van der Waals surface area contributed by atoms with Crippen molar-refractivity contribution in [3.63, 3.8) is 0 Å². The third-order valence-corrected chi connectivity index (χ3v) is 4.65. The molecular formula is C10H16N2O2S. The van der Waals surface area contributed by atoms with Crippen LogP contribution in [0.5, 0.6) is 0 Å². The molecule has 0 bridgehead atoms. The predicted molar refractivity (Wildman–Crippen MR) is 58.3 cm³/mol. The molecule has 0 spiro atoms. The Morgan fingerprint density at radius 3 is 3.00 bits per heavy atom. The van der Waals surface area contributed by atoms with Crippen LogP contribution in [-0.4, -0.2) is 29.7 Å². The molecule has 15 heavy (non-hydrogen) atoms. The molecule has 1 atom stereocenters. The van der Waals surface area contributed by atoms with Crippen molar-refractivity contribution in [1.29, 1.82) is 0 Å². The molecule has 1 aromatic heterocycles. The van der Waals surface area contributed by atoms with E-state index in [-0.39, 0.29) is 5.92 Å². The van der Waals surface area contributed by atoms with Crippen LogP contribution >= 0.6 is 0 Å². The van der Waals surface area contributed by atoms with Crippen LogP contribution in [0, 0.1) is 12.8 Å². The maximum atomic E-state index is 11.4. The largest absolute Gasteiger partial charge is 0.272 e. The van der Waals surface area contributed by atoms with Crippen molar-refractivity contribution in [3.05, 3.63) is 18.0 Å². The topological polar surface area (TPSA) is 52.0 Å². The zero-order valence-electron chi connectivity index (χ0n) is 8.89. The summed E-state index contributed by atoms with van der Waals surface area (Å²) in [6, 6.07) is 0. The molecule has 0 amide bonds. The molecule has 0 N–H and O–H groups in total. The van der Waals surface area contributed by atoms with Crippen molar-refractivity contribution < 1.29 is 8.42 Å². The fourth-order valence-electron chi connectivity index (χ4n) is 2.09. The highest BCUT2D eigenvalue weighted by Gasteiger charge is 2.24. The van der Waals surface area contributed by atoms with Crippen LogP contribution in [-0.2, 0) is 16.4 Å². The minimum absolute atomic E-state index is 0.239. The SMILES string of the molecule is Cc1cnn(C[C@H]2CCCS(=O)(=O)C2)c1. The standard InChI is InChI=1S/C10H16N2O2S/c1-9-5-11-12(6-9)7-10-3-2-4-15(13,14)8-10/h5-6,10H,2-4,7-8H2,1H3/t10-/m1/s1. The normalized spacial score (nSPS) is 25.3. The minimum atomic E-state index is -2.79. The van der Waals surface area contributed by atoms with E-state index in [0.29, 0.717) is 11.5 Å². The fraction of sp³-hybridized carbons (Fsp3) is 0.700. The average molecular weight is 228 g/mol. The van der Waals surface area contributed by atoms with E-state index in [4.69, 9.17) is 0 Å². The number of hydrogen-bond donors (Lipinski definition) is 0. The summed E-state index contributed by atoms with van der Waals surface area (Å²) in [6.45, 7) is 2.72. The second kappa shape index (κ2) is 3.96. The zero-order chi connectivity index (χ0) is 10.9. The highest BCUT2D eigenvalue weighted by molar-refractivity contribution is 7.91. The summed E-state index contributed by atoms with van der Waals surface area (Å²) in [5.41, 5.74) is 1.12. The molecule has 0 unspecified atom stereocenters. The molecule has 1 saturated heterocycles. The van der Waals surface area contributed by atoms with E-state index in [1.807, 2.05) is 17.8 Å². The third kappa shape index (κ3) is 2.81. The maximum absolute atomic E-state index is 11.4. The van der Waals surface area contributed by atoms with E-state index < -0.39 is 9.84 Å². The second-order valence-electron chi connectivity index (χ2n) is 4.36. The maximum Gasteiger partial charge on any atom is 0.150 e. The molecule has 2 rings (SSSR count). The van der Waals surface area contributed by atoms with Crippen molar-refractivity contribution >= 4 is 9.84 Å². The summed E-state index contributed by atoms with van der Waals surface area (Å²) in [7, 11) is -2.79. The molecule has 1 aliphatic heterocycles. The van der Waals surface area contributed by atoms with Crippen LogP contribution < -0.4 is 0 Å². The van der Waals surface area contributed by atoms with E-state index in [1.165, 1.54) is 0 Å². The first-order valence-electron chi connectivity index (χ1n) is 5.25. The number of nitrogens with zero attached hydrogens (tertiary/aromatic N) is 2. The molecule has 0 radical (unpaired) electrons. The van der Waals surface area contributed by atoms with Crippen molar-refractivity contribution in [1.82, 2.24) is 9.78 Å². The summed E-state index contributed by atoms with van der Waals surface area (Å²) in [5.74, 6) is 0.927. The van der Waals surface area contributed by atoms with Gasteiger partial charge in [-0.15, -0.1) is 0 Å². The van der Waals surface area contributed by atoms with Crippen LogP contribution in [0.25, 0.3) is 0 Å². The van der Waals surface area contributed by atoms with Gasteiger partial charge in [-0.05, 0) is 31.2 Å². The number of sulfone groups is 1. The van der Waals surface area contributed by atoms with Gasteiger partial charge in [-0.3, -0.25) is 4.68 Å². The first kappa shape index (κ1) is 10.7. The molecule has 0 aliphatic carbocycles. The lowest BCUT2D eigenvalue weighted by atomic mass is 10.1. The summed E-state index contributed by atoms with van der Waals surface area (Å²) in [6.07, 6.45) is 5.56. The monoisotopic (exact) mass is 228 g/mol. The van der Waals surface area contributed by atoms with E-state index in [0.717, 1.165) is 24.9 Å². The van der Waals surface area contributed by atoms with E-state index in [2.05, 4.69) is 5.10 Å². The van der Waals surface area contributed by atoms with Gasteiger partial charge in [0.05, 0.1) is 17.7 Å². The molecule has 5 heteroatoms. The van der Waals surface area contributed by atoms with Crippen LogP contribution in [0.3, 0.4) is 0 Å². The van der Waals surface area contributed by atoms with Crippen LogP contribution in [0.1, 0.15) is 18.4 Å². The van der Waals surface area contributed by atoms with Crippen molar-refractivity contribution in [2.75, 3.05) is 11.5 Å². The molecule has 1 fully saturated rings. The van der Waals surface area contributed by atoms with Gasteiger partial charge >= 0.3 is 0 Å². The zero-order valence-corrected chi connectivity index (χ0v) is 9.70. The Labute approximate surface area is 90.2 Å². The molecular weight excluding hydrogens is 212 g/mol. The Morgan fingerprint density at radius 2 is 2.40 bits per heavy atom. The molecule has 0 aromatic carbocycles. The molecule has 84 valence electrons. The Balaban J connectivity index is 2.01. The molecule has 1 aromatic rings. The van der Waals surface area contributed by atoms with Gasteiger partial charge < -0.3 is 0 Å². The number of aromatic nitrogens is 2. The van der Waals surface area contributed by atoms with Crippen LogP contribution in [0.4, 0.5) is 0 Å². The number of hydrogen-bond acceptors (Lipinski definition) is 3. The lowest BCUT2D eigenvalue weighted by Gasteiger charge is -2.21. The van der Waals surface area contributed by atoms with Gasteiger partial charge in [-0.2, -0.15) is 5.10 Å². The molecule has 0 saturated carbocycles. The first-order valence-corrected chi connectivity index (χ1v) is 7.07. The van der Waals surface area contributed by atoms with Gasteiger partial charge in [0.1, 0.15) is 0 Å².